The van der Waals surface area contributed by atoms with Crippen molar-refractivity contribution in [3.63, 3.8) is 0 Å². The van der Waals surface area contributed by atoms with Crippen LogP contribution in [0.5, 0.6) is 0 Å². The van der Waals surface area contributed by atoms with Crippen molar-refractivity contribution >= 4 is 33.1 Å². The minimum atomic E-state index is -0.721. The van der Waals surface area contributed by atoms with Crippen LogP contribution in [-0.4, -0.2) is 10.1 Å². The lowest BCUT2D eigenvalue weighted by Gasteiger charge is -2.12. The standard InChI is InChI=1S/C11H11BrN2OS/c1-6-4-7(11(13)14-5-6)9(15)10-8(12)2-3-16-10/h2-5,9,15H,1H3,(H2,13,14). The van der Waals surface area contributed by atoms with Crippen molar-refractivity contribution in [1.82, 2.24) is 4.98 Å². The van der Waals surface area contributed by atoms with E-state index in [9.17, 15) is 5.11 Å². The fourth-order valence-electron chi connectivity index (χ4n) is 1.46. The van der Waals surface area contributed by atoms with Crippen LogP contribution >= 0.6 is 27.3 Å². The maximum absolute atomic E-state index is 10.2. The van der Waals surface area contributed by atoms with E-state index in [0.717, 1.165) is 14.9 Å². The number of hydrogen-bond donors (Lipinski definition) is 2. The first kappa shape index (κ1) is 11.6. The van der Waals surface area contributed by atoms with Crippen molar-refractivity contribution in [1.29, 1.82) is 0 Å². The van der Waals surface area contributed by atoms with Crippen molar-refractivity contribution < 1.29 is 5.11 Å². The number of rotatable bonds is 2. The number of thiophene rings is 1. The maximum atomic E-state index is 10.2. The number of halogens is 1. The highest BCUT2D eigenvalue weighted by molar-refractivity contribution is 9.10. The number of pyridine rings is 1. The Morgan fingerprint density at radius 3 is 2.94 bits per heavy atom. The highest BCUT2D eigenvalue weighted by Crippen LogP contribution is 2.34. The summed E-state index contributed by atoms with van der Waals surface area (Å²) in [6, 6.07) is 3.77. The first-order valence-electron chi connectivity index (χ1n) is 4.72. The van der Waals surface area contributed by atoms with E-state index in [4.69, 9.17) is 5.73 Å². The lowest BCUT2D eigenvalue weighted by molar-refractivity contribution is 0.224. The largest absolute Gasteiger partial charge is 0.383 e. The van der Waals surface area contributed by atoms with Crippen LogP contribution in [0.4, 0.5) is 5.82 Å². The van der Waals surface area contributed by atoms with Gasteiger partial charge < -0.3 is 10.8 Å². The molecule has 0 bridgehead atoms. The predicted octanol–water partition coefficient (Wildman–Crippen LogP) is 2.88. The third-order valence-electron chi connectivity index (χ3n) is 2.27. The topological polar surface area (TPSA) is 59.1 Å². The second-order valence-electron chi connectivity index (χ2n) is 3.52. The quantitative estimate of drug-likeness (QED) is 0.896. The molecule has 1 unspecified atom stereocenters. The van der Waals surface area contributed by atoms with Gasteiger partial charge in [0.1, 0.15) is 11.9 Å². The Kier molecular flexibility index (Phi) is 3.28. The third-order valence-corrected chi connectivity index (χ3v) is 4.20. The molecule has 2 rings (SSSR count). The number of nitrogen functional groups attached to an aromatic ring is 1. The molecule has 1 atom stereocenters. The lowest BCUT2D eigenvalue weighted by atomic mass is 10.1. The Balaban J connectivity index is 2.45. The van der Waals surface area contributed by atoms with Crippen LogP contribution in [-0.2, 0) is 0 Å². The molecule has 0 radical (unpaired) electrons. The highest BCUT2D eigenvalue weighted by Gasteiger charge is 2.18. The van der Waals surface area contributed by atoms with E-state index in [2.05, 4.69) is 20.9 Å². The second kappa shape index (κ2) is 4.53. The van der Waals surface area contributed by atoms with Crippen LogP contribution in [0.1, 0.15) is 22.1 Å². The van der Waals surface area contributed by atoms with Crippen molar-refractivity contribution in [3.8, 4) is 0 Å². The van der Waals surface area contributed by atoms with Gasteiger partial charge in [0.25, 0.3) is 0 Å². The fourth-order valence-corrected chi connectivity index (χ4v) is 3.05. The Hall–Kier alpha value is -0.910. The maximum Gasteiger partial charge on any atom is 0.129 e. The van der Waals surface area contributed by atoms with Gasteiger partial charge in [-0.05, 0) is 45.9 Å². The molecule has 0 fully saturated rings. The van der Waals surface area contributed by atoms with Gasteiger partial charge in [0, 0.05) is 16.2 Å². The van der Waals surface area contributed by atoms with E-state index >= 15 is 0 Å². The summed E-state index contributed by atoms with van der Waals surface area (Å²) < 4.78 is 0.894. The first-order valence-corrected chi connectivity index (χ1v) is 6.40. The number of hydrogen-bond acceptors (Lipinski definition) is 4. The number of anilines is 1. The summed E-state index contributed by atoms with van der Waals surface area (Å²) in [6.07, 6.45) is 0.969. The Morgan fingerprint density at radius 1 is 1.56 bits per heavy atom. The zero-order valence-corrected chi connectivity index (χ0v) is 11.0. The van der Waals surface area contributed by atoms with Crippen molar-refractivity contribution in [2.45, 2.75) is 13.0 Å². The monoisotopic (exact) mass is 298 g/mol. The Labute approximate surface area is 106 Å². The molecule has 5 heteroatoms. The van der Waals surface area contributed by atoms with Gasteiger partial charge in [0.2, 0.25) is 0 Å². The van der Waals surface area contributed by atoms with Crippen LogP contribution in [0.2, 0.25) is 0 Å². The molecule has 3 nitrogen and oxygen atoms in total. The van der Waals surface area contributed by atoms with Gasteiger partial charge in [-0.2, -0.15) is 0 Å². The van der Waals surface area contributed by atoms with Gasteiger partial charge in [-0.3, -0.25) is 0 Å². The first-order chi connectivity index (χ1) is 7.59. The summed E-state index contributed by atoms with van der Waals surface area (Å²) in [5, 5.41) is 12.1. The minimum absolute atomic E-state index is 0.374. The Bertz CT molecular complexity index is 512. The molecule has 0 aliphatic heterocycles. The number of aromatic nitrogens is 1. The molecule has 0 aliphatic carbocycles. The minimum Gasteiger partial charge on any atom is -0.383 e. The van der Waals surface area contributed by atoms with Crippen molar-refractivity contribution in [2.75, 3.05) is 5.73 Å². The summed E-state index contributed by atoms with van der Waals surface area (Å²) in [4.78, 5) is 4.89. The molecule has 2 aromatic heterocycles. The van der Waals surface area contributed by atoms with Gasteiger partial charge >= 0.3 is 0 Å². The van der Waals surface area contributed by atoms with Crippen LogP contribution < -0.4 is 5.73 Å². The normalized spacial score (nSPS) is 12.7. The zero-order valence-electron chi connectivity index (χ0n) is 8.64. The molecule has 0 saturated carbocycles. The van der Waals surface area contributed by atoms with Gasteiger partial charge in [-0.25, -0.2) is 4.98 Å². The number of aliphatic hydroxyl groups excluding tert-OH is 1. The number of nitrogens with two attached hydrogens (primary N) is 1. The molecule has 2 aromatic rings. The average molecular weight is 299 g/mol. The Morgan fingerprint density at radius 2 is 2.31 bits per heavy atom. The molecular formula is C11H11BrN2OS. The van der Waals surface area contributed by atoms with Crippen LogP contribution in [0.15, 0.2) is 28.2 Å². The average Bonchev–Trinajstić information content (AvgIpc) is 2.67. The lowest BCUT2D eigenvalue weighted by Crippen LogP contribution is -2.05. The summed E-state index contributed by atoms with van der Waals surface area (Å²) >= 11 is 4.88. The summed E-state index contributed by atoms with van der Waals surface area (Å²) in [7, 11) is 0. The molecule has 0 spiro atoms. The molecule has 16 heavy (non-hydrogen) atoms. The summed E-state index contributed by atoms with van der Waals surface area (Å²) in [5.41, 5.74) is 7.40. The van der Waals surface area contributed by atoms with Gasteiger partial charge in [-0.15, -0.1) is 11.3 Å². The van der Waals surface area contributed by atoms with E-state index in [1.807, 2.05) is 24.4 Å². The zero-order chi connectivity index (χ0) is 11.7. The highest BCUT2D eigenvalue weighted by atomic mass is 79.9. The summed E-state index contributed by atoms with van der Waals surface area (Å²) in [5.74, 6) is 0.374. The van der Waals surface area contributed by atoms with E-state index in [1.165, 1.54) is 11.3 Å². The molecule has 84 valence electrons. The van der Waals surface area contributed by atoms with Gasteiger partial charge in [0.05, 0.1) is 4.88 Å². The van der Waals surface area contributed by atoms with Gasteiger partial charge in [0.15, 0.2) is 0 Å². The van der Waals surface area contributed by atoms with E-state index < -0.39 is 6.10 Å². The van der Waals surface area contributed by atoms with E-state index in [0.29, 0.717) is 11.4 Å². The number of aryl methyl sites for hydroxylation is 1. The van der Waals surface area contributed by atoms with Gasteiger partial charge in [-0.1, -0.05) is 0 Å². The molecule has 0 aliphatic rings. The molecule has 0 saturated heterocycles. The van der Waals surface area contributed by atoms with E-state index in [-0.39, 0.29) is 0 Å². The number of aliphatic hydroxyl groups is 1. The van der Waals surface area contributed by atoms with Crippen molar-refractivity contribution in [2.24, 2.45) is 0 Å². The van der Waals surface area contributed by atoms with Crippen LogP contribution in [0, 0.1) is 6.92 Å². The molecule has 0 aromatic carbocycles. The molecule has 0 amide bonds. The smallest absolute Gasteiger partial charge is 0.129 e. The van der Waals surface area contributed by atoms with E-state index in [1.54, 1.807) is 6.20 Å². The fraction of sp³-hybridized carbons (Fsp3) is 0.182. The van der Waals surface area contributed by atoms with Crippen LogP contribution in [0.25, 0.3) is 0 Å². The predicted molar refractivity (Wildman–Crippen MR) is 69.5 cm³/mol. The second-order valence-corrected chi connectivity index (χ2v) is 5.32. The number of nitrogens with zero attached hydrogens (tertiary/aromatic N) is 1. The summed E-state index contributed by atoms with van der Waals surface area (Å²) in [6.45, 7) is 1.92. The van der Waals surface area contributed by atoms with Crippen LogP contribution in [0.3, 0.4) is 0 Å². The molecule has 3 N–H and O–H groups in total. The van der Waals surface area contributed by atoms with Crippen molar-refractivity contribution in [3.05, 3.63) is 44.2 Å². The molecular weight excluding hydrogens is 288 g/mol. The molecule has 2 heterocycles. The SMILES string of the molecule is Cc1cnc(N)c(C(O)c2sccc2Br)c1. The third kappa shape index (κ3) is 2.11.